The van der Waals surface area contributed by atoms with Crippen molar-refractivity contribution in [3.63, 3.8) is 0 Å². The fourth-order valence-electron chi connectivity index (χ4n) is 3.15. The highest BCUT2D eigenvalue weighted by molar-refractivity contribution is 5.78. The van der Waals surface area contributed by atoms with E-state index in [9.17, 15) is 9.90 Å². The minimum absolute atomic E-state index is 0.120. The molecule has 3 aromatic carbocycles. The van der Waals surface area contributed by atoms with E-state index >= 15 is 0 Å². The summed E-state index contributed by atoms with van der Waals surface area (Å²) >= 11 is 0. The number of fused-ring (bicyclic) bond motifs is 1. The Balaban J connectivity index is 1.32. The number of hydrogen-bond donors (Lipinski definition) is 1. The van der Waals surface area contributed by atoms with Crippen molar-refractivity contribution < 1.29 is 24.1 Å². The summed E-state index contributed by atoms with van der Waals surface area (Å²) < 4.78 is 17.1. The maximum absolute atomic E-state index is 11.6. The fraction of sp³-hybridized carbons (Fsp3) is 0.154. The van der Waals surface area contributed by atoms with Gasteiger partial charge in [0.25, 0.3) is 0 Å². The molecule has 1 unspecified atom stereocenters. The second kappa shape index (κ2) is 9.83. The molecule has 1 aromatic heterocycles. The molecule has 1 heterocycles. The lowest BCUT2D eigenvalue weighted by Crippen LogP contribution is -2.33. The quantitative estimate of drug-likeness (QED) is 0.402. The van der Waals surface area contributed by atoms with E-state index in [1.54, 1.807) is 36.4 Å². The largest absolute Gasteiger partial charge is 0.489 e. The molecule has 0 bridgehead atoms. The lowest BCUT2D eigenvalue weighted by molar-refractivity contribution is -0.146. The number of nitrogens with zero attached hydrogens (tertiary/aromatic N) is 1. The van der Waals surface area contributed by atoms with Gasteiger partial charge in [-0.25, -0.2) is 9.78 Å². The van der Waals surface area contributed by atoms with Crippen LogP contribution in [0.4, 0.5) is 0 Å². The molecule has 162 valence electrons. The normalized spacial score (nSPS) is 11.7. The van der Waals surface area contributed by atoms with E-state index < -0.39 is 12.1 Å². The van der Waals surface area contributed by atoms with E-state index in [1.165, 1.54) is 0 Å². The Morgan fingerprint density at radius 2 is 1.56 bits per heavy atom. The maximum Gasteiger partial charge on any atom is 0.348 e. The number of aromatic nitrogens is 1. The van der Waals surface area contributed by atoms with Crippen LogP contribution in [0.3, 0.4) is 0 Å². The van der Waals surface area contributed by atoms with Crippen LogP contribution in [0.1, 0.15) is 11.3 Å². The van der Waals surface area contributed by atoms with Gasteiger partial charge < -0.3 is 19.3 Å². The summed E-state index contributed by atoms with van der Waals surface area (Å²) in [4.78, 5) is 16.2. The summed E-state index contributed by atoms with van der Waals surface area (Å²) in [6.07, 6.45) is -1.12. The van der Waals surface area contributed by atoms with Gasteiger partial charge >= 0.3 is 5.97 Å². The Kier molecular flexibility index (Phi) is 6.51. The molecule has 32 heavy (non-hydrogen) atoms. The molecular formula is C26H23NO5. The van der Waals surface area contributed by atoms with Crippen molar-refractivity contribution in [2.75, 3.05) is 6.61 Å². The predicted molar refractivity (Wildman–Crippen MR) is 121 cm³/mol. The van der Waals surface area contributed by atoms with Crippen LogP contribution in [0.2, 0.25) is 0 Å². The molecule has 0 aliphatic rings. The summed E-state index contributed by atoms with van der Waals surface area (Å²) in [5.74, 6) is 0.629. The third kappa shape index (κ3) is 5.35. The predicted octanol–water partition coefficient (Wildman–Crippen LogP) is 5.03. The van der Waals surface area contributed by atoms with Gasteiger partial charge in [0.2, 0.25) is 6.10 Å². The maximum atomic E-state index is 11.6. The van der Waals surface area contributed by atoms with Crippen molar-refractivity contribution in [1.82, 2.24) is 4.98 Å². The molecule has 0 aliphatic heterocycles. The standard InChI is InChI=1S/C26H23NO5/c1-18-6-2-5-9-24(18)32-25(26(28)29)17-31-22-14-12-21(13-15-22)30-16-20-11-10-19-7-3-4-8-23(19)27-20/h2-15,25H,16-17H2,1H3,(H,28,29). The third-order valence-corrected chi connectivity index (χ3v) is 4.91. The van der Waals surface area contributed by atoms with Crippen LogP contribution in [0.15, 0.2) is 84.9 Å². The van der Waals surface area contributed by atoms with E-state index in [-0.39, 0.29) is 6.61 Å². The van der Waals surface area contributed by atoms with Gasteiger partial charge in [0.05, 0.1) is 11.2 Å². The minimum atomic E-state index is -1.12. The molecule has 0 aliphatic carbocycles. The van der Waals surface area contributed by atoms with Crippen LogP contribution in [-0.4, -0.2) is 28.8 Å². The number of rotatable bonds is 9. The Morgan fingerprint density at radius 1 is 0.875 bits per heavy atom. The van der Waals surface area contributed by atoms with Crippen LogP contribution < -0.4 is 14.2 Å². The van der Waals surface area contributed by atoms with Crippen LogP contribution in [0.5, 0.6) is 17.2 Å². The van der Waals surface area contributed by atoms with Gasteiger partial charge in [-0.2, -0.15) is 0 Å². The monoisotopic (exact) mass is 429 g/mol. The van der Waals surface area contributed by atoms with Crippen molar-refractivity contribution >= 4 is 16.9 Å². The first-order valence-corrected chi connectivity index (χ1v) is 10.2. The van der Waals surface area contributed by atoms with E-state index in [0.717, 1.165) is 22.2 Å². The molecule has 6 nitrogen and oxygen atoms in total. The summed E-state index contributed by atoms with van der Waals surface area (Å²) in [6, 6.07) is 26.2. The van der Waals surface area contributed by atoms with Crippen molar-refractivity contribution in [3.05, 3.63) is 96.2 Å². The Hall–Kier alpha value is -4.06. The zero-order chi connectivity index (χ0) is 22.3. The number of aryl methyl sites for hydroxylation is 1. The number of hydrogen-bond acceptors (Lipinski definition) is 5. The molecule has 1 N–H and O–H groups in total. The lowest BCUT2D eigenvalue weighted by Gasteiger charge is -2.17. The Bertz CT molecular complexity index is 1210. The average Bonchev–Trinajstić information content (AvgIpc) is 2.82. The number of pyridine rings is 1. The van der Waals surface area contributed by atoms with Gasteiger partial charge in [-0.05, 0) is 55.0 Å². The number of carboxylic acid groups (broad SMARTS) is 1. The Morgan fingerprint density at radius 3 is 2.31 bits per heavy atom. The molecule has 4 rings (SSSR count). The second-order valence-corrected chi connectivity index (χ2v) is 7.28. The zero-order valence-electron chi connectivity index (χ0n) is 17.6. The molecular weight excluding hydrogens is 406 g/mol. The second-order valence-electron chi connectivity index (χ2n) is 7.28. The van der Waals surface area contributed by atoms with E-state index in [2.05, 4.69) is 4.98 Å². The highest BCUT2D eigenvalue weighted by atomic mass is 16.6. The van der Waals surface area contributed by atoms with E-state index in [1.807, 2.05) is 55.5 Å². The molecule has 0 spiro atoms. The molecule has 0 radical (unpaired) electrons. The third-order valence-electron chi connectivity index (χ3n) is 4.91. The van der Waals surface area contributed by atoms with E-state index in [4.69, 9.17) is 14.2 Å². The Labute approximate surface area is 186 Å². The summed E-state index contributed by atoms with van der Waals surface area (Å²) in [5.41, 5.74) is 2.63. The number of aliphatic carboxylic acids is 1. The van der Waals surface area contributed by atoms with Gasteiger partial charge in [-0.1, -0.05) is 42.5 Å². The van der Waals surface area contributed by atoms with Crippen molar-refractivity contribution in [2.24, 2.45) is 0 Å². The molecule has 0 saturated carbocycles. The lowest BCUT2D eigenvalue weighted by atomic mass is 10.2. The molecule has 0 saturated heterocycles. The van der Waals surface area contributed by atoms with Crippen molar-refractivity contribution in [2.45, 2.75) is 19.6 Å². The van der Waals surface area contributed by atoms with Crippen LogP contribution in [0.25, 0.3) is 10.9 Å². The first kappa shape index (κ1) is 21.2. The first-order valence-electron chi connectivity index (χ1n) is 10.2. The van der Waals surface area contributed by atoms with Gasteiger partial charge in [-0.15, -0.1) is 0 Å². The molecule has 6 heteroatoms. The fourth-order valence-corrected chi connectivity index (χ4v) is 3.15. The van der Waals surface area contributed by atoms with Crippen molar-refractivity contribution in [1.29, 1.82) is 0 Å². The summed E-state index contributed by atoms with van der Waals surface area (Å²) in [6.45, 7) is 2.09. The van der Waals surface area contributed by atoms with E-state index in [0.29, 0.717) is 23.9 Å². The van der Waals surface area contributed by atoms with Gasteiger partial charge in [0.1, 0.15) is 30.5 Å². The topological polar surface area (TPSA) is 77.9 Å². The molecule has 0 fully saturated rings. The van der Waals surface area contributed by atoms with Crippen LogP contribution in [0, 0.1) is 6.92 Å². The zero-order valence-corrected chi connectivity index (χ0v) is 17.6. The number of benzene rings is 3. The van der Waals surface area contributed by atoms with Gasteiger partial charge in [0, 0.05) is 5.39 Å². The van der Waals surface area contributed by atoms with Gasteiger partial charge in [-0.3, -0.25) is 0 Å². The molecule has 4 aromatic rings. The molecule has 0 amide bonds. The highest BCUT2D eigenvalue weighted by Gasteiger charge is 2.21. The molecule has 1 atom stereocenters. The number of para-hydroxylation sites is 2. The minimum Gasteiger partial charge on any atom is -0.489 e. The average molecular weight is 429 g/mol. The number of ether oxygens (including phenoxy) is 3. The first-order chi connectivity index (χ1) is 15.6. The highest BCUT2D eigenvalue weighted by Crippen LogP contribution is 2.21. The van der Waals surface area contributed by atoms with Crippen LogP contribution >= 0.6 is 0 Å². The van der Waals surface area contributed by atoms with Crippen molar-refractivity contribution in [3.8, 4) is 17.2 Å². The summed E-state index contributed by atoms with van der Waals surface area (Å²) in [5, 5.41) is 10.5. The number of carbonyl (C=O) groups is 1. The van der Waals surface area contributed by atoms with Gasteiger partial charge in [0.15, 0.2) is 0 Å². The van der Waals surface area contributed by atoms with Crippen LogP contribution in [-0.2, 0) is 11.4 Å². The SMILES string of the molecule is Cc1ccccc1OC(COc1ccc(OCc2ccc3ccccc3n2)cc1)C(=O)O. The number of carboxylic acids is 1. The smallest absolute Gasteiger partial charge is 0.348 e. The summed E-state index contributed by atoms with van der Waals surface area (Å²) in [7, 11) is 0.